The van der Waals surface area contributed by atoms with E-state index in [1.807, 2.05) is 13.8 Å². The van der Waals surface area contributed by atoms with E-state index >= 15 is 0 Å². The lowest BCUT2D eigenvalue weighted by atomic mass is 10.1. The Balaban J connectivity index is -0.000000245. The summed E-state index contributed by atoms with van der Waals surface area (Å²) in [6.07, 6.45) is 2.50. The maximum atomic E-state index is 2.12. The van der Waals surface area contributed by atoms with Gasteiger partial charge in [-0.2, -0.15) is 0 Å². The Kier molecular flexibility index (Phi) is 22.9. The van der Waals surface area contributed by atoms with Gasteiger partial charge in [0, 0.05) is 0 Å². The predicted octanol–water partition coefficient (Wildman–Crippen LogP) is 7.33. The zero-order valence-corrected chi connectivity index (χ0v) is 13.0. The standard InChI is InChI=1S/C10H8.2C3H8.C2H6.CH4/c1-2-6-10-8-4-3-7-9(10)5-1;2*1-3-2;1-2;/h1-8H;2*3H2,1-2H3;1-2H3;1H4. The van der Waals surface area contributed by atoms with Crippen molar-refractivity contribution in [3.8, 4) is 0 Å². The largest absolute Gasteiger partial charge is 0.0776 e. The van der Waals surface area contributed by atoms with Crippen molar-refractivity contribution in [3.05, 3.63) is 48.5 Å². The molecule has 0 atom stereocenters. The van der Waals surface area contributed by atoms with E-state index < -0.39 is 0 Å². The van der Waals surface area contributed by atoms with Gasteiger partial charge >= 0.3 is 0 Å². The monoisotopic (exact) mass is 262 g/mol. The first-order valence-electron chi connectivity index (χ1n) is 7.23. The first kappa shape index (κ1) is 22.8. The number of fused-ring (bicyclic) bond motifs is 1. The van der Waals surface area contributed by atoms with E-state index in [0.29, 0.717) is 0 Å². The highest BCUT2D eigenvalue weighted by Gasteiger charge is 1.85. The van der Waals surface area contributed by atoms with Gasteiger partial charge in [-0.25, -0.2) is 0 Å². The van der Waals surface area contributed by atoms with Crippen LogP contribution in [0.3, 0.4) is 0 Å². The quantitative estimate of drug-likeness (QED) is 0.466. The Morgan fingerprint density at radius 2 is 0.737 bits per heavy atom. The van der Waals surface area contributed by atoms with Gasteiger partial charge in [-0.1, -0.05) is 110 Å². The minimum absolute atomic E-state index is 0. The van der Waals surface area contributed by atoms with Crippen LogP contribution in [0.5, 0.6) is 0 Å². The summed E-state index contributed by atoms with van der Waals surface area (Å²) in [5, 5.41) is 2.62. The minimum Gasteiger partial charge on any atom is -0.0776 e. The predicted molar refractivity (Wildman–Crippen MR) is 94.0 cm³/mol. The van der Waals surface area contributed by atoms with E-state index in [9.17, 15) is 0 Å². The molecule has 2 rings (SSSR count). The molecular weight excluding hydrogens is 228 g/mol. The molecule has 0 saturated carbocycles. The van der Waals surface area contributed by atoms with Crippen LogP contribution in [0.2, 0.25) is 0 Å². The molecule has 0 spiro atoms. The van der Waals surface area contributed by atoms with Crippen LogP contribution in [0.25, 0.3) is 10.8 Å². The minimum atomic E-state index is 0. The molecule has 0 heterocycles. The lowest BCUT2D eigenvalue weighted by Crippen LogP contribution is -1.67. The van der Waals surface area contributed by atoms with Crippen molar-refractivity contribution in [2.45, 2.75) is 61.8 Å². The zero-order chi connectivity index (χ0) is 14.2. The molecule has 0 nitrogen and oxygen atoms in total. The van der Waals surface area contributed by atoms with Crippen LogP contribution in [-0.2, 0) is 0 Å². The van der Waals surface area contributed by atoms with E-state index in [0.717, 1.165) is 0 Å². The third-order valence-electron chi connectivity index (χ3n) is 1.66. The van der Waals surface area contributed by atoms with Gasteiger partial charge in [0.2, 0.25) is 0 Å². The molecule has 2 aromatic carbocycles. The molecule has 0 amide bonds. The van der Waals surface area contributed by atoms with E-state index in [1.165, 1.54) is 23.6 Å². The van der Waals surface area contributed by atoms with Gasteiger partial charge in [-0.3, -0.25) is 0 Å². The average molecular weight is 262 g/mol. The van der Waals surface area contributed by atoms with Crippen LogP contribution >= 0.6 is 0 Å². The normalized spacial score (nSPS) is 7.47. The van der Waals surface area contributed by atoms with Crippen LogP contribution in [0.15, 0.2) is 48.5 Å². The number of hydrogen-bond donors (Lipinski definition) is 0. The molecule has 19 heavy (non-hydrogen) atoms. The third kappa shape index (κ3) is 12.9. The summed E-state index contributed by atoms with van der Waals surface area (Å²) in [6.45, 7) is 12.5. The summed E-state index contributed by atoms with van der Waals surface area (Å²) in [4.78, 5) is 0. The summed E-state index contributed by atoms with van der Waals surface area (Å²) in [5.74, 6) is 0. The third-order valence-corrected chi connectivity index (χ3v) is 1.66. The second kappa shape index (κ2) is 19.0. The molecule has 110 valence electrons. The number of benzene rings is 2. The van der Waals surface area contributed by atoms with Gasteiger partial charge in [-0.15, -0.1) is 0 Å². The van der Waals surface area contributed by atoms with Crippen molar-refractivity contribution in [2.24, 2.45) is 0 Å². The molecule has 0 heteroatoms. The van der Waals surface area contributed by atoms with Crippen molar-refractivity contribution in [3.63, 3.8) is 0 Å². The van der Waals surface area contributed by atoms with Gasteiger partial charge in [0.15, 0.2) is 0 Å². The van der Waals surface area contributed by atoms with E-state index in [1.54, 1.807) is 0 Å². The Morgan fingerprint density at radius 3 is 0.895 bits per heavy atom. The Labute approximate surface area is 121 Å². The van der Waals surface area contributed by atoms with Crippen molar-refractivity contribution < 1.29 is 0 Å². The highest BCUT2D eigenvalue weighted by molar-refractivity contribution is 5.81. The average Bonchev–Trinajstić information content (AvgIpc) is 2.43. The fourth-order valence-corrected chi connectivity index (χ4v) is 1.13. The van der Waals surface area contributed by atoms with Crippen LogP contribution in [0, 0.1) is 0 Å². The Morgan fingerprint density at radius 1 is 0.579 bits per heavy atom. The zero-order valence-electron chi connectivity index (χ0n) is 13.0. The van der Waals surface area contributed by atoms with Crippen molar-refractivity contribution >= 4 is 10.8 Å². The maximum absolute atomic E-state index is 2.12. The molecule has 0 unspecified atom stereocenters. The lowest BCUT2D eigenvalue weighted by molar-refractivity contribution is 1.09. The SMILES string of the molecule is C.CC.CCC.CCC.c1ccc2ccccc2c1. The molecule has 0 radical (unpaired) electrons. The van der Waals surface area contributed by atoms with Gasteiger partial charge in [0.05, 0.1) is 0 Å². The van der Waals surface area contributed by atoms with E-state index in [-0.39, 0.29) is 7.43 Å². The Hall–Kier alpha value is -1.30. The van der Waals surface area contributed by atoms with Crippen molar-refractivity contribution in [1.82, 2.24) is 0 Å². The molecule has 0 aliphatic heterocycles. The summed E-state index contributed by atoms with van der Waals surface area (Å²) in [7, 11) is 0. The first-order chi connectivity index (χ1) is 8.79. The second-order valence-electron chi connectivity index (χ2n) is 3.76. The van der Waals surface area contributed by atoms with E-state index in [4.69, 9.17) is 0 Å². The molecule has 0 bridgehead atoms. The second-order valence-corrected chi connectivity index (χ2v) is 3.76. The maximum Gasteiger partial charge on any atom is -0.0184 e. The summed E-state index contributed by atoms with van der Waals surface area (Å²) < 4.78 is 0. The van der Waals surface area contributed by atoms with Gasteiger partial charge < -0.3 is 0 Å². The molecule has 0 N–H and O–H groups in total. The fraction of sp³-hybridized carbons (Fsp3) is 0.474. The molecule has 0 saturated heterocycles. The van der Waals surface area contributed by atoms with Crippen LogP contribution in [-0.4, -0.2) is 0 Å². The Bertz CT molecular complexity index is 296. The number of hydrogen-bond acceptors (Lipinski definition) is 0. The molecule has 0 fully saturated rings. The lowest BCUT2D eigenvalue weighted by Gasteiger charge is -1.92. The van der Waals surface area contributed by atoms with Crippen LogP contribution < -0.4 is 0 Å². The molecule has 0 aromatic heterocycles. The smallest absolute Gasteiger partial charge is 0.0184 e. The van der Waals surface area contributed by atoms with Gasteiger partial charge in [-0.05, 0) is 10.8 Å². The van der Waals surface area contributed by atoms with Gasteiger partial charge in [0.1, 0.15) is 0 Å². The number of rotatable bonds is 0. The highest BCUT2D eigenvalue weighted by Crippen LogP contribution is 2.11. The molecule has 0 aliphatic carbocycles. The topological polar surface area (TPSA) is 0 Å². The van der Waals surface area contributed by atoms with Crippen molar-refractivity contribution in [2.75, 3.05) is 0 Å². The fourth-order valence-electron chi connectivity index (χ4n) is 1.13. The summed E-state index contributed by atoms with van der Waals surface area (Å²) >= 11 is 0. The first-order valence-corrected chi connectivity index (χ1v) is 7.23. The van der Waals surface area contributed by atoms with Crippen LogP contribution in [0.1, 0.15) is 61.8 Å². The van der Waals surface area contributed by atoms with E-state index in [2.05, 4.69) is 76.2 Å². The molecular formula is C19H34. The molecule has 2 aromatic rings. The van der Waals surface area contributed by atoms with Gasteiger partial charge in [0.25, 0.3) is 0 Å². The summed E-state index contributed by atoms with van der Waals surface area (Å²) in [5.41, 5.74) is 0. The van der Waals surface area contributed by atoms with Crippen molar-refractivity contribution in [1.29, 1.82) is 0 Å². The summed E-state index contributed by atoms with van der Waals surface area (Å²) in [6, 6.07) is 16.7. The highest BCUT2D eigenvalue weighted by atomic mass is 13.9. The molecule has 0 aliphatic rings. The van der Waals surface area contributed by atoms with Crippen LogP contribution in [0.4, 0.5) is 0 Å².